The molecule has 0 spiro atoms. The van der Waals surface area contributed by atoms with Crippen molar-refractivity contribution in [1.29, 1.82) is 0 Å². The van der Waals surface area contributed by atoms with Crippen LogP contribution in [0.3, 0.4) is 0 Å². The highest BCUT2D eigenvalue weighted by Crippen LogP contribution is 2.17. The summed E-state index contributed by atoms with van der Waals surface area (Å²) in [6.07, 6.45) is 1.72. The molecule has 5 heteroatoms. The van der Waals surface area contributed by atoms with Gasteiger partial charge in [-0.05, 0) is 39.7 Å². The number of aromatic nitrogens is 2. The van der Waals surface area contributed by atoms with Gasteiger partial charge in [0.25, 0.3) is 0 Å². The summed E-state index contributed by atoms with van der Waals surface area (Å²) >= 11 is 3.40. The van der Waals surface area contributed by atoms with Crippen LogP contribution in [-0.2, 0) is 0 Å². The molecule has 2 rings (SSSR count). The molecule has 0 saturated heterocycles. The van der Waals surface area contributed by atoms with E-state index in [2.05, 4.69) is 21.0 Å². The number of halogens is 1. The maximum Gasteiger partial charge on any atom is 0.109 e. The zero-order valence-corrected chi connectivity index (χ0v) is 10.1. The molecule has 0 saturated carbocycles. The molecule has 0 radical (unpaired) electrons. The lowest BCUT2D eigenvalue weighted by Gasteiger charge is -2.09. The Morgan fingerprint density at radius 3 is 2.50 bits per heavy atom. The van der Waals surface area contributed by atoms with Crippen LogP contribution in [0, 0.1) is 0 Å². The van der Waals surface area contributed by atoms with E-state index in [1.165, 1.54) is 0 Å². The van der Waals surface area contributed by atoms with E-state index < -0.39 is 0 Å². The minimum atomic E-state index is -0.324. The molecule has 0 fully saturated rings. The fourth-order valence-electron chi connectivity index (χ4n) is 1.45. The van der Waals surface area contributed by atoms with Crippen LogP contribution in [0.2, 0.25) is 0 Å². The zero-order valence-electron chi connectivity index (χ0n) is 8.55. The Balaban J connectivity index is 2.30. The van der Waals surface area contributed by atoms with Crippen molar-refractivity contribution in [2.45, 2.75) is 6.04 Å². The highest BCUT2D eigenvalue weighted by molar-refractivity contribution is 9.10. The molecule has 0 aliphatic heterocycles. The SMILES string of the molecule is NC(CO)c1ccc(-n2nccc2Br)cc1. The minimum Gasteiger partial charge on any atom is -0.394 e. The first kappa shape index (κ1) is 11.3. The van der Waals surface area contributed by atoms with E-state index in [1.807, 2.05) is 30.3 Å². The third-order valence-electron chi connectivity index (χ3n) is 2.36. The highest BCUT2D eigenvalue weighted by atomic mass is 79.9. The first-order chi connectivity index (χ1) is 7.72. The standard InChI is InChI=1S/C11H12BrN3O/c12-11-5-6-14-15(11)9-3-1-8(2-4-9)10(13)7-16/h1-6,10,16H,7,13H2. The quantitative estimate of drug-likeness (QED) is 0.899. The van der Waals surface area contributed by atoms with Crippen LogP contribution in [0.25, 0.3) is 5.69 Å². The van der Waals surface area contributed by atoms with E-state index in [1.54, 1.807) is 10.9 Å². The minimum absolute atomic E-state index is 0.0508. The molecule has 0 amide bonds. The summed E-state index contributed by atoms with van der Waals surface area (Å²) in [6, 6.07) is 9.17. The summed E-state index contributed by atoms with van der Waals surface area (Å²) in [6.45, 7) is -0.0508. The summed E-state index contributed by atoms with van der Waals surface area (Å²) in [5, 5.41) is 13.1. The van der Waals surface area contributed by atoms with Crippen LogP contribution >= 0.6 is 15.9 Å². The van der Waals surface area contributed by atoms with E-state index in [0.717, 1.165) is 15.9 Å². The van der Waals surface area contributed by atoms with E-state index in [-0.39, 0.29) is 12.6 Å². The molecule has 0 aliphatic rings. The number of benzene rings is 1. The average Bonchev–Trinajstić information content (AvgIpc) is 2.75. The van der Waals surface area contributed by atoms with Crippen LogP contribution in [0.1, 0.15) is 11.6 Å². The number of nitrogens with two attached hydrogens (primary N) is 1. The predicted molar refractivity (Wildman–Crippen MR) is 65.3 cm³/mol. The van der Waals surface area contributed by atoms with Gasteiger partial charge in [0.15, 0.2) is 0 Å². The van der Waals surface area contributed by atoms with Gasteiger partial charge in [0.2, 0.25) is 0 Å². The molecule has 1 heterocycles. The van der Waals surface area contributed by atoms with E-state index in [4.69, 9.17) is 10.8 Å². The maximum absolute atomic E-state index is 8.94. The van der Waals surface area contributed by atoms with Crippen molar-refractivity contribution in [1.82, 2.24) is 9.78 Å². The summed E-state index contributed by atoms with van der Waals surface area (Å²) in [5.41, 5.74) is 7.57. The summed E-state index contributed by atoms with van der Waals surface area (Å²) < 4.78 is 2.67. The van der Waals surface area contributed by atoms with E-state index in [9.17, 15) is 0 Å². The molecular formula is C11H12BrN3O. The lowest BCUT2D eigenvalue weighted by atomic mass is 10.1. The maximum atomic E-state index is 8.94. The molecule has 0 bridgehead atoms. The van der Waals surface area contributed by atoms with Crippen molar-refractivity contribution < 1.29 is 5.11 Å². The second-order valence-corrected chi connectivity index (χ2v) is 4.26. The van der Waals surface area contributed by atoms with Crippen molar-refractivity contribution in [3.05, 3.63) is 46.7 Å². The molecule has 1 aromatic carbocycles. The van der Waals surface area contributed by atoms with Gasteiger partial charge in [-0.1, -0.05) is 12.1 Å². The van der Waals surface area contributed by atoms with Crippen molar-refractivity contribution >= 4 is 15.9 Å². The van der Waals surface area contributed by atoms with Crippen LogP contribution in [-0.4, -0.2) is 21.5 Å². The largest absolute Gasteiger partial charge is 0.394 e. The van der Waals surface area contributed by atoms with E-state index >= 15 is 0 Å². The fraction of sp³-hybridized carbons (Fsp3) is 0.182. The third kappa shape index (κ3) is 2.16. The predicted octanol–water partition coefficient (Wildman–Crippen LogP) is 1.63. The lowest BCUT2D eigenvalue weighted by molar-refractivity contribution is 0.268. The Bertz CT molecular complexity index is 466. The van der Waals surface area contributed by atoms with Crippen molar-refractivity contribution in [3.63, 3.8) is 0 Å². The Kier molecular flexibility index (Phi) is 3.38. The van der Waals surface area contributed by atoms with Gasteiger partial charge in [-0.25, -0.2) is 4.68 Å². The zero-order chi connectivity index (χ0) is 11.5. The van der Waals surface area contributed by atoms with Gasteiger partial charge >= 0.3 is 0 Å². The molecule has 1 atom stereocenters. The molecule has 4 nitrogen and oxygen atoms in total. The number of aliphatic hydroxyl groups excluding tert-OH is 1. The topological polar surface area (TPSA) is 64.1 Å². The van der Waals surface area contributed by atoms with Gasteiger partial charge in [0, 0.05) is 0 Å². The van der Waals surface area contributed by atoms with Gasteiger partial charge in [-0.15, -0.1) is 0 Å². The number of nitrogens with zero attached hydrogens (tertiary/aromatic N) is 2. The molecule has 1 unspecified atom stereocenters. The molecule has 2 aromatic rings. The first-order valence-corrected chi connectivity index (χ1v) is 5.68. The molecule has 0 aliphatic carbocycles. The summed E-state index contributed by atoms with van der Waals surface area (Å²) in [7, 11) is 0. The second-order valence-electron chi connectivity index (χ2n) is 3.45. The van der Waals surface area contributed by atoms with Crippen molar-refractivity contribution in [3.8, 4) is 5.69 Å². The summed E-state index contributed by atoms with van der Waals surface area (Å²) in [5.74, 6) is 0. The fourth-order valence-corrected chi connectivity index (χ4v) is 1.86. The average molecular weight is 282 g/mol. The van der Waals surface area contributed by atoms with Crippen LogP contribution in [0.15, 0.2) is 41.1 Å². The van der Waals surface area contributed by atoms with Gasteiger partial charge in [-0.3, -0.25) is 0 Å². The molecule has 3 N–H and O–H groups in total. The molecule has 16 heavy (non-hydrogen) atoms. The number of rotatable bonds is 3. The van der Waals surface area contributed by atoms with Crippen molar-refractivity contribution in [2.24, 2.45) is 5.73 Å². The lowest BCUT2D eigenvalue weighted by Crippen LogP contribution is -2.14. The Labute approximate surface area is 102 Å². The van der Waals surface area contributed by atoms with Crippen LogP contribution < -0.4 is 5.73 Å². The van der Waals surface area contributed by atoms with E-state index in [0.29, 0.717) is 0 Å². The Morgan fingerprint density at radius 2 is 2.00 bits per heavy atom. The highest BCUT2D eigenvalue weighted by Gasteiger charge is 2.05. The van der Waals surface area contributed by atoms with Gasteiger partial charge < -0.3 is 10.8 Å². The molecule has 1 aromatic heterocycles. The van der Waals surface area contributed by atoms with Gasteiger partial charge in [0.1, 0.15) is 4.60 Å². The van der Waals surface area contributed by atoms with Crippen LogP contribution in [0.5, 0.6) is 0 Å². The smallest absolute Gasteiger partial charge is 0.109 e. The Hall–Kier alpha value is -1.17. The number of hydrogen-bond acceptors (Lipinski definition) is 3. The molecular weight excluding hydrogens is 270 g/mol. The number of aliphatic hydroxyl groups is 1. The third-order valence-corrected chi connectivity index (χ3v) is 2.96. The van der Waals surface area contributed by atoms with Crippen molar-refractivity contribution in [2.75, 3.05) is 6.61 Å². The second kappa shape index (κ2) is 4.78. The summed E-state index contributed by atoms with van der Waals surface area (Å²) in [4.78, 5) is 0. The number of hydrogen-bond donors (Lipinski definition) is 2. The van der Waals surface area contributed by atoms with Crippen LogP contribution in [0.4, 0.5) is 0 Å². The normalized spacial score (nSPS) is 12.7. The monoisotopic (exact) mass is 281 g/mol. The van der Waals surface area contributed by atoms with Gasteiger partial charge in [0.05, 0.1) is 24.5 Å². The Morgan fingerprint density at radius 1 is 1.31 bits per heavy atom. The van der Waals surface area contributed by atoms with Gasteiger partial charge in [-0.2, -0.15) is 5.10 Å². The first-order valence-electron chi connectivity index (χ1n) is 4.88. The molecule has 84 valence electrons.